The van der Waals surface area contributed by atoms with E-state index < -0.39 is 5.41 Å². The number of ether oxygens (including phenoxy) is 2. The third-order valence-electron chi connectivity index (χ3n) is 4.69. The van der Waals surface area contributed by atoms with Crippen molar-refractivity contribution in [3.05, 3.63) is 54.1 Å². The first-order valence-electron chi connectivity index (χ1n) is 8.48. The van der Waals surface area contributed by atoms with Gasteiger partial charge in [-0.15, -0.1) is 0 Å². The molecule has 0 saturated carbocycles. The van der Waals surface area contributed by atoms with Crippen molar-refractivity contribution in [1.29, 1.82) is 0 Å². The predicted molar refractivity (Wildman–Crippen MR) is 101 cm³/mol. The van der Waals surface area contributed by atoms with Crippen LogP contribution in [0.2, 0.25) is 0 Å². The van der Waals surface area contributed by atoms with Crippen molar-refractivity contribution in [2.75, 3.05) is 14.2 Å². The normalized spacial score (nSPS) is 16.2. The number of para-hydroxylation sites is 1. The lowest BCUT2D eigenvalue weighted by molar-refractivity contribution is -0.127. The zero-order valence-corrected chi connectivity index (χ0v) is 15.5. The smallest absolute Gasteiger partial charge is 0.169 e. The van der Waals surface area contributed by atoms with Gasteiger partial charge in [0.2, 0.25) is 0 Å². The predicted octanol–water partition coefficient (Wildman–Crippen LogP) is 4.32. The molecule has 0 heterocycles. The molecule has 0 saturated heterocycles. The Kier molecular flexibility index (Phi) is 4.68. The van der Waals surface area contributed by atoms with E-state index in [1.165, 1.54) is 6.08 Å². The third kappa shape index (κ3) is 3.15. The van der Waals surface area contributed by atoms with Gasteiger partial charge in [0.1, 0.15) is 0 Å². The first kappa shape index (κ1) is 17.9. The molecule has 0 atom stereocenters. The van der Waals surface area contributed by atoms with Gasteiger partial charge in [0, 0.05) is 23.0 Å². The second-order valence-electron chi connectivity index (χ2n) is 7.03. The van der Waals surface area contributed by atoms with E-state index in [9.17, 15) is 9.59 Å². The number of allylic oxidation sites excluding steroid dienone is 2. The van der Waals surface area contributed by atoms with Crippen LogP contribution in [-0.2, 0) is 9.59 Å². The van der Waals surface area contributed by atoms with Crippen LogP contribution in [0.15, 0.2) is 48.5 Å². The SMILES string of the molecule is COc1cccc(-c2ccc(C3=CC(=O)CC(C)(C)C3=O)cc2)c1OC. The summed E-state index contributed by atoms with van der Waals surface area (Å²) in [6.07, 6.45) is 1.73. The van der Waals surface area contributed by atoms with Crippen LogP contribution >= 0.6 is 0 Å². The standard InChI is InChI=1S/C22H22O4/c1-22(2)13-16(23)12-18(21(22)24)15-10-8-14(9-11-15)17-6-5-7-19(25-3)20(17)26-4/h5-12H,13H2,1-4H3. The van der Waals surface area contributed by atoms with Crippen LogP contribution in [0.1, 0.15) is 25.8 Å². The number of hydrogen-bond donors (Lipinski definition) is 0. The molecule has 4 heteroatoms. The summed E-state index contributed by atoms with van der Waals surface area (Å²) in [7, 11) is 3.21. The minimum Gasteiger partial charge on any atom is -0.493 e. The fraction of sp³-hybridized carbons (Fsp3) is 0.273. The number of carbonyl (C=O) groups is 2. The molecule has 0 amide bonds. The van der Waals surface area contributed by atoms with Crippen LogP contribution in [-0.4, -0.2) is 25.8 Å². The number of rotatable bonds is 4. The van der Waals surface area contributed by atoms with Gasteiger partial charge in [0.15, 0.2) is 23.1 Å². The minimum atomic E-state index is -0.657. The molecule has 2 aromatic carbocycles. The fourth-order valence-electron chi connectivity index (χ4n) is 3.32. The second kappa shape index (κ2) is 6.79. The average molecular weight is 350 g/mol. The van der Waals surface area contributed by atoms with Gasteiger partial charge in [-0.3, -0.25) is 9.59 Å². The number of Topliss-reactive ketones (excluding diaryl/α,β-unsaturated/α-hetero) is 1. The van der Waals surface area contributed by atoms with Gasteiger partial charge in [-0.25, -0.2) is 0 Å². The van der Waals surface area contributed by atoms with Gasteiger partial charge < -0.3 is 9.47 Å². The van der Waals surface area contributed by atoms with Crippen molar-refractivity contribution < 1.29 is 19.1 Å². The van der Waals surface area contributed by atoms with E-state index in [1.54, 1.807) is 14.2 Å². The van der Waals surface area contributed by atoms with Gasteiger partial charge in [-0.2, -0.15) is 0 Å². The Balaban J connectivity index is 2.00. The molecule has 0 spiro atoms. The minimum absolute atomic E-state index is 0.00353. The maximum Gasteiger partial charge on any atom is 0.169 e. The summed E-state index contributed by atoms with van der Waals surface area (Å²) < 4.78 is 10.8. The molecule has 3 rings (SSSR count). The molecule has 2 aromatic rings. The van der Waals surface area contributed by atoms with Gasteiger partial charge in [0.05, 0.1) is 14.2 Å². The number of carbonyl (C=O) groups excluding carboxylic acids is 2. The monoisotopic (exact) mass is 350 g/mol. The maximum atomic E-state index is 12.7. The summed E-state index contributed by atoms with van der Waals surface area (Å²) in [6.45, 7) is 3.63. The Morgan fingerprint density at radius 2 is 1.54 bits per heavy atom. The lowest BCUT2D eigenvalue weighted by Gasteiger charge is -2.27. The highest BCUT2D eigenvalue weighted by Gasteiger charge is 2.36. The van der Waals surface area contributed by atoms with Crippen molar-refractivity contribution in [1.82, 2.24) is 0 Å². The first-order valence-corrected chi connectivity index (χ1v) is 8.48. The third-order valence-corrected chi connectivity index (χ3v) is 4.69. The summed E-state index contributed by atoms with van der Waals surface area (Å²) in [5.74, 6) is 1.31. The summed E-state index contributed by atoms with van der Waals surface area (Å²) in [6, 6.07) is 13.3. The molecule has 0 bridgehead atoms. The lowest BCUT2D eigenvalue weighted by Crippen LogP contribution is -2.31. The molecule has 4 nitrogen and oxygen atoms in total. The second-order valence-corrected chi connectivity index (χ2v) is 7.03. The highest BCUT2D eigenvalue weighted by molar-refractivity contribution is 6.30. The van der Waals surface area contributed by atoms with Crippen LogP contribution in [0.5, 0.6) is 11.5 Å². The molecule has 0 unspecified atom stereocenters. The Labute approximate surface area is 153 Å². The molecule has 26 heavy (non-hydrogen) atoms. The Morgan fingerprint density at radius 1 is 0.885 bits per heavy atom. The maximum absolute atomic E-state index is 12.7. The van der Waals surface area contributed by atoms with E-state index >= 15 is 0 Å². The van der Waals surface area contributed by atoms with Gasteiger partial charge in [0.25, 0.3) is 0 Å². The van der Waals surface area contributed by atoms with E-state index in [0.29, 0.717) is 17.1 Å². The van der Waals surface area contributed by atoms with Crippen LogP contribution in [0, 0.1) is 5.41 Å². The molecule has 0 radical (unpaired) electrons. The van der Waals surface area contributed by atoms with E-state index in [-0.39, 0.29) is 18.0 Å². The van der Waals surface area contributed by atoms with E-state index in [1.807, 2.05) is 56.3 Å². The molecule has 1 aliphatic carbocycles. The topological polar surface area (TPSA) is 52.6 Å². The molecule has 0 fully saturated rings. The van der Waals surface area contributed by atoms with Crippen LogP contribution in [0.3, 0.4) is 0 Å². The summed E-state index contributed by atoms with van der Waals surface area (Å²) in [5.41, 5.74) is 2.42. The number of benzene rings is 2. The van der Waals surface area contributed by atoms with Crippen molar-refractivity contribution in [3.63, 3.8) is 0 Å². The zero-order chi connectivity index (χ0) is 18.9. The molecule has 0 aromatic heterocycles. The lowest BCUT2D eigenvalue weighted by atomic mass is 9.74. The van der Waals surface area contributed by atoms with Crippen molar-refractivity contribution in [2.24, 2.45) is 5.41 Å². The van der Waals surface area contributed by atoms with Crippen LogP contribution < -0.4 is 9.47 Å². The van der Waals surface area contributed by atoms with E-state index in [0.717, 1.165) is 16.7 Å². The molecule has 0 N–H and O–H groups in total. The summed E-state index contributed by atoms with van der Waals surface area (Å²) in [5, 5.41) is 0. The molecule has 1 aliphatic rings. The Morgan fingerprint density at radius 3 is 2.15 bits per heavy atom. The zero-order valence-electron chi connectivity index (χ0n) is 15.5. The van der Waals surface area contributed by atoms with Crippen LogP contribution in [0.25, 0.3) is 16.7 Å². The van der Waals surface area contributed by atoms with E-state index in [2.05, 4.69) is 0 Å². The number of ketones is 2. The summed E-state index contributed by atoms with van der Waals surface area (Å²) >= 11 is 0. The highest BCUT2D eigenvalue weighted by atomic mass is 16.5. The molecular weight excluding hydrogens is 328 g/mol. The van der Waals surface area contributed by atoms with Crippen molar-refractivity contribution >= 4 is 17.1 Å². The average Bonchev–Trinajstić information content (AvgIpc) is 2.63. The fourth-order valence-corrected chi connectivity index (χ4v) is 3.32. The highest BCUT2D eigenvalue weighted by Crippen LogP contribution is 2.39. The van der Waals surface area contributed by atoms with Crippen molar-refractivity contribution in [2.45, 2.75) is 20.3 Å². The van der Waals surface area contributed by atoms with Gasteiger partial charge >= 0.3 is 0 Å². The van der Waals surface area contributed by atoms with Gasteiger partial charge in [-0.05, 0) is 23.3 Å². The molecular formula is C22H22O4. The molecule has 0 aliphatic heterocycles. The molecule has 134 valence electrons. The van der Waals surface area contributed by atoms with Crippen LogP contribution in [0.4, 0.5) is 0 Å². The van der Waals surface area contributed by atoms with Crippen molar-refractivity contribution in [3.8, 4) is 22.6 Å². The first-order chi connectivity index (χ1) is 12.4. The van der Waals surface area contributed by atoms with E-state index in [4.69, 9.17) is 9.47 Å². The number of hydrogen-bond acceptors (Lipinski definition) is 4. The quantitative estimate of drug-likeness (QED) is 0.824. The summed E-state index contributed by atoms with van der Waals surface area (Å²) in [4.78, 5) is 24.7. The Hall–Kier alpha value is -2.88. The largest absolute Gasteiger partial charge is 0.493 e. The van der Waals surface area contributed by atoms with Gasteiger partial charge in [-0.1, -0.05) is 50.2 Å². The Bertz CT molecular complexity index is 889. The number of methoxy groups -OCH3 is 2.